The molecule has 1 saturated heterocycles. The van der Waals surface area contributed by atoms with Crippen LogP contribution in [0.25, 0.3) is 0 Å². The summed E-state index contributed by atoms with van der Waals surface area (Å²) in [6.45, 7) is 0.361. The van der Waals surface area contributed by atoms with Crippen molar-refractivity contribution in [3.05, 3.63) is 33.7 Å². The Morgan fingerprint density at radius 2 is 2.11 bits per heavy atom. The second-order valence-electron chi connectivity index (χ2n) is 4.31. The molecule has 0 aromatic carbocycles. The summed E-state index contributed by atoms with van der Waals surface area (Å²) in [5.41, 5.74) is -2.64. The van der Waals surface area contributed by atoms with Crippen LogP contribution in [0.15, 0.2) is 16.9 Å². The molecule has 19 heavy (non-hydrogen) atoms. The van der Waals surface area contributed by atoms with E-state index in [1.165, 1.54) is 4.90 Å². The average Bonchev–Trinajstić information content (AvgIpc) is 2.73. The minimum atomic E-state index is -4.66. The van der Waals surface area contributed by atoms with E-state index >= 15 is 0 Å². The summed E-state index contributed by atoms with van der Waals surface area (Å²) < 4.78 is 37.1. The number of nitrogens with one attached hydrogen (secondary N) is 1. The van der Waals surface area contributed by atoms with Gasteiger partial charge < -0.3 is 15.0 Å². The third-order valence-electron chi connectivity index (χ3n) is 2.90. The molecule has 1 atom stereocenters. The Balaban J connectivity index is 2.27. The third-order valence-corrected chi connectivity index (χ3v) is 2.90. The van der Waals surface area contributed by atoms with Crippen LogP contribution in [0.4, 0.5) is 13.2 Å². The van der Waals surface area contributed by atoms with Crippen molar-refractivity contribution in [1.82, 2.24) is 9.88 Å². The summed E-state index contributed by atoms with van der Waals surface area (Å²) in [6, 6.07) is 1.51. The summed E-state index contributed by atoms with van der Waals surface area (Å²) in [5.74, 6) is -0.675. The van der Waals surface area contributed by atoms with Crippen LogP contribution in [0.2, 0.25) is 0 Å². The van der Waals surface area contributed by atoms with Crippen molar-refractivity contribution in [3.8, 4) is 0 Å². The van der Waals surface area contributed by atoms with E-state index in [9.17, 15) is 27.9 Å². The molecule has 1 aromatic rings. The molecule has 2 heterocycles. The Hall–Kier alpha value is -1.83. The van der Waals surface area contributed by atoms with Gasteiger partial charge in [0.2, 0.25) is 0 Å². The molecule has 0 aliphatic carbocycles. The van der Waals surface area contributed by atoms with Crippen molar-refractivity contribution in [2.45, 2.75) is 18.7 Å². The number of halogens is 3. The van der Waals surface area contributed by atoms with Gasteiger partial charge in [0.15, 0.2) is 0 Å². The quantitative estimate of drug-likeness (QED) is 0.789. The fourth-order valence-electron chi connectivity index (χ4n) is 1.90. The number of aliphatic hydroxyl groups is 1. The molecule has 0 radical (unpaired) electrons. The molecular formula is C11H11F3N2O3. The summed E-state index contributed by atoms with van der Waals surface area (Å²) >= 11 is 0. The molecule has 104 valence electrons. The number of hydrogen-bond acceptors (Lipinski definition) is 3. The van der Waals surface area contributed by atoms with Crippen LogP contribution in [0.3, 0.4) is 0 Å². The van der Waals surface area contributed by atoms with Gasteiger partial charge in [-0.3, -0.25) is 9.59 Å². The maximum Gasteiger partial charge on any atom is 0.431 e. The lowest BCUT2D eigenvalue weighted by atomic mass is 10.2. The number of H-pyrrole nitrogens is 1. The van der Waals surface area contributed by atoms with Gasteiger partial charge in [0, 0.05) is 13.1 Å². The van der Waals surface area contributed by atoms with E-state index in [2.05, 4.69) is 0 Å². The summed E-state index contributed by atoms with van der Waals surface area (Å²) in [5, 5.41) is 9.29. The van der Waals surface area contributed by atoms with Gasteiger partial charge in [-0.15, -0.1) is 0 Å². The zero-order valence-electron chi connectivity index (χ0n) is 9.70. The van der Waals surface area contributed by atoms with E-state index < -0.39 is 29.4 Å². The first-order valence-electron chi connectivity index (χ1n) is 5.57. The zero-order chi connectivity index (χ0) is 14.2. The van der Waals surface area contributed by atoms with Crippen molar-refractivity contribution in [2.75, 3.05) is 13.1 Å². The van der Waals surface area contributed by atoms with Crippen molar-refractivity contribution in [3.63, 3.8) is 0 Å². The maximum atomic E-state index is 12.4. The molecule has 1 amide bonds. The number of β-amino-alcohol motifs (C(OH)–C–C–N with tert-alkyl or cyclic N) is 1. The Kier molecular flexibility index (Phi) is 3.36. The lowest BCUT2D eigenvalue weighted by Crippen LogP contribution is -2.34. The van der Waals surface area contributed by atoms with Crippen LogP contribution < -0.4 is 5.56 Å². The minimum Gasteiger partial charge on any atom is -0.391 e. The van der Waals surface area contributed by atoms with E-state index in [1.807, 2.05) is 0 Å². The molecule has 1 aromatic heterocycles. The number of carbonyl (C=O) groups is 1. The fourth-order valence-corrected chi connectivity index (χ4v) is 1.90. The van der Waals surface area contributed by atoms with Gasteiger partial charge >= 0.3 is 6.18 Å². The number of rotatable bonds is 1. The van der Waals surface area contributed by atoms with Crippen LogP contribution in [0, 0.1) is 0 Å². The van der Waals surface area contributed by atoms with Crippen molar-refractivity contribution >= 4 is 5.91 Å². The number of aromatic amines is 1. The molecule has 0 saturated carbocycles. The van der Waals surface area contributed by atoms with Gasteiger partial charge in [-0.05, 0) is 18.6 Å². The highest BCUT2D eigenvalue weighted by molar-refractivity contribution is 5.94. The van der Waals surface area contributed by atoms with Gasteiger partial charge in [-0.25, -0.2) is 0 Å². The molecule has 1 fully saturated rings. The highest BCUT2D eigenvalue weighted by Gasteiger charge is 2.33. The number of amides is 1. The van der Waals surface area contributed by atoms with Crippen LogP contribution in [-0.2, 0) is 6.18 Å². The summed E-state index contributed by atoms with van der Waals surface area (Å²) in [4.78, 5) is 26.3. The maximum absolute atomic E-state index is 12.4. The molecule has 0 spiro atoms. The molecule has 1 aliphatic heterocycles. The Morgan fingerprint density at radius 1 is 1.42 bits per heavy atom. The Morgan fingerprint density at radius 3 is 2.58 bits per heavy atom. The molecule has 2 rings (SSSR count). The van der Waals surface area contributed by atoms with Crippen molar-refractivity contribution < 1.29 is 23.1 Å². The Labute approximate surface area is 105 Å². The van der Waals surface area contributed by atoms with E-state index in [0.717, 1.165) is 6.07 Å². The van der Waals surface area contributed by atoms with Gasteiger partial charge in [-0.1, -0.05) is 0 Å². The number of aliphatic hydroxyl groups excluding tert-OH is 1. The number of carbonyl (C=O) groups excluding carboxylic acids is 1. The molecule has 1 aliphatic rings. The van der Waals surface area contributed by atoms with Crippen molar-refractivity contribution in [1.29, 1.82) is 0 Å². The first-order valence-corrected chi connectivity index (χ1v) is 5.57. The lowest BCUT2D eigenvalue weighted by Gasteiger charge is -2.15. The van der Waals surface area contributed by atoms with E-state index in [4.69, 9.17) is 0 Å². The minimum absolute atomic E-state index is 0.0826. The van der Waals surface area contributed by atoms with Crippen LogP contribution in [0.5, 0.6) is 0 Å². The van der Waals surface area contributed by atoms with Crippen molar-refractivity contribution in [2.24, 2.45) is 0 Å². The number of hydrogen-bond donors (Lipinski definition) is 2. The largest absolute Gasteiger partial charge is 0.431 e. The fraction of sp³-hybridized carbons (Fsp3) is 0.455. The number of nitrogens with zero attached hydrogens (tertiary/aromatic N) is 1. The standard InChI is InChI=1S/C11H11F3N2O3/c12-11(13,14)8-2-1-7(9(18)15-8)10(19)16-4-3-6(17)5-16/h1-2,6,17H,3-5H2,(H,15,18)/t6-/m1/s1. The second kappa shape index (κ2) is 4.69. The van der Waals surface area contributed by atoms with Gasteiger partial charge in [0.05, 0.1) is 6.10 Å². The number of likely N-dealkylation sites (tertiary alicyclic amines) is 1. The van der Waals surface area contributed by atoms with Gasteiger partial charge in [-0.2, -0.15) is 13.2 Å². The number of aromatic nitrogens is 1. The van der Waals surface area contributed by atoms with E-state index in [-0.39, 0.29) is 18.7 Å². The molecule has 8 heteroatoms. The second-order valence-corrected chi connectivity index (χ2v) is 4.31. The SMILES string of the molecule is O=C(c1ccc(C(F)(F)F)[nH]c1=O)N1CC[C@@H](O)C1. The highest BCUT2D eigenvalue weighted by Crippen LogP contribution is 2.26. The molecule has 0 bridgehead atoms. The predicted molar refractivity (Wildman–Crippen MR) is 58.6 cm³/mol. The lowest BCUT2D eigenvalue weighted by molar-refractivity contribution is -0.141. The predicted octanol–water partition coefficient (Wildman–Crippen LogP) is 0.600. The molecule has 2 N–H and O–H groups in total. The topological polar surface area (TPSA) is 73.4 Å². The highest BCUT2D eigenvalue weighted by atomic mass is 19.4. The first-order chi connectivity index (χ1) is 8.79. The first kappa shape index (κ1) is 13.6. The number of pyridine rings is 1. The normalized spacial score (nSPS) is 19.8. The molecule has 5 nitrogen and oxygen atoms in total. The van der Waals surface area contributed by atoms with Gasteiger partial charge in [0.1, 0.15) is 11.3 Å². The average molecular weight is 276 g/mol. The van der Waals surface area contributed by atoms with E-state index in [0.29, 0.717) is 12.5 Å². The Bertz CT molecular complexity index is 553. The zero-order valence-corrected chi connectivity index (χ0v) is 9.70. The molecule has 0 unspecified atom stereocenters. The smallest absolute Gasteiger partial charge is 0.391 e. The summed E-state index contributed by atoms with van der Waals surface area (Å²) in [7, 11) is 0. The van der Waals surface area contributed by atoms with Gasteiger partial charge in [0.25, 0.3) is 11.5 Å². The third kappa shape index (κ3) is 2.78. The van der Waals surface area contributed by atoms with Crippen LogP contribution in [0.1, 0.15) is 22.5 Å². The molecular weight excluding hydrogens is 265 g/mol. The van der Waals surface area contributed by atoms with E-state index in [1.54, 1.807) is 4.98 Å². The van der Waals surface area contributed by atoms with Crippen LogP contribution >= 0.6 is 0 Å². The summed E-state index contributed by atoms with van der Waals surface area (Å²) in [6.07, 6.45) is -4.92. The number of alkyl halides is 3. The van der Waals surface area contributed by atoms with Crippen LogP contribution in [-0.4, -0.2) is 40.1 Å². The monoisotopic (exact) mass is 276 g/mol.